The van der Waals surface area contributed by atoms with E-state index in [9.17, 15) is 0 Å². The number of benzene rings is 1. The molecular weight excluding hydrogens is 264 g/mol. The Balaban J connectivity index is 2.60. The van der Waals surface area contributed by atoms with Gasteiger partial charge in [0.15, 0.2) is 0 Å². The first-order valence-electron chi connectivity index (χ1n) is 5.13. The molecule has 2 rings (SSSR count). The van der Waals surface area contributed by atoms with Crippen LogP contribution in [0.5, 0.6) is 0 Å². The molecule has 1 aromatic heterocycles. The van der Waals surface area contributed by atoms with E-state index in [4.69, 9.17) is 0 Å². The van der Waals surface area contributed by atoms with Crippen molar-refractivity contribution in [2.45, 2.75) is 20.8 Å². The van der Waals surface area contributed by atoms with Gasteiger partial charge in [0.25, 0.3) is 0 Å². The minimum atomic E-state index is 0.815. The summed E-state index contributed by atoms with van der Waals surface area (Å²) in [4.78, 5) is 8.34. The van der Waals surface area contributed by atoms with Crippen LogP contribution >= 0.6 is 15.9 Å². The molecule has 0 atom stereocenters. The van der Waals surface area contributed by atoms with Gasteiger partial charge in [-0.05, 0) is 65.5 Å². The predicted octanol–water partition coefficient (Wildman–Crippen LogP) is 3.83. The Bertz CT molecular complexity index is 535. The Hall–Kier alpha value is -1.22. The van der Waals surface area contributed by atoms with Crippen LogP contribution in [0.15, 0.2) is 29.1 Å². The summed E-state index contributed by atoms with van der Waals surface area (Å²) in [6.45, 7) is 6.36. The predicted molar refractivity (Wildman–Crippen MR) is 69.4 cm³/mol. The van der Waals surface area contributed by atoms with Crippen LogP contribution in [-0.4, -0.2) is 9.97 Å². The van der Waals surface area contributed by atoms with E-state index in [1.54, 1.807) is 6.33 Å². The second kappa shape index (κ2) is 4.34. The summed E-state index contributed by atoms with van der Waals surface area (Å²) in [5, 5.41) is 0. The number of aryl methyl sites for hydroxylation is 3. The number of nitrogens with zero attached hydrogens (tertiary/aromatic N) is 2. The molecule has 0 fully saturated rings. The third-order valence-electron chi connectivity index (χ3n) is 2.75. The van der Waals surface area contributed by atoms with Crippen molar-refractivity contribution in [1.82, 2.24) is 9.97 Å². The van der Waals surface area contributed by atoms with Gasteiger partial charge in [-0.15, -0.1) is 0 Å². The van der Waals surface area contributed by atoms with Crippen LogP contribution in [0.25, 0.3) is 11.3 Å². The highest BCUT2D eigenvalue weighted by atomic mass is 79.9. The number of hydrogen-bond acceptors (Lipinski definition) is 2. The van der Waals surface area contributed by atoms with Crippen LogP contribution in [0.2, 0.25) is 0 Å². The zero-order valence-electron chi connectivity index (χ0n) is 9.58. The molecule has 0 amide bonds. The first-order valence-corrected chi connectivity index (χ1v) is 5.93. The third-order valence-corrected chi connectivity index (χ3v) is 3.18. The first kappa shape index (κ1) is 11.3. The fourth-order valence-corrected chi connectivity index (χ4v) is 2.03. The van der Waals surface area contributed by atoms with Gasteiger partial charge in [0.2, 0.25) is 0 Å². The lowest BCUT2D eigenvalue weighted by Gasteiger charge is -2.09. The molecule has 16 heavy (non-hydrogen) atoms. The van der Waals surface area contributed by atoms with E-state index in [1.807, 2.05) is 6.07 Å². The molecule has 2 aromatic rings. The average molecular weight is 277 g/mol. The van der Waals surface area contributed by atoms with Gasteiger partial charge in [0.1, 0.15) is 10.9 Å². The summed E-state index contributed by atoms with van der Waals surface area (Å²) in [6.07, 6.45) is 1.58. The lowest BCUT2D eigenvalue weighted by atomic mass is 9.99. The van der Waals surface area contributed by atoms with Crippen molar-refractivity contribution in [3.05, 3.63) is 45.8 Å². The molecule has 0 aliphatic carbocycles. The largest absolute Gasteiger partial charge is 0.236 e. The van der Waals surface area contributed by atoms with Crippen molar-refractivity contribution in [2.75, 3.05) is 0 Å². The third kappa shape index (κ3) is 2.14. The molecule has 0 bridgehead atoms. The Morgan fingerprint density at radius 2 is 1.56 bits per heavy atom. The van der Waals surface area contributed by atoms with Crippen LogP contribution in [-0.2, 0) is 0 Å². The molecule has 0 N–H and O–H groups in total. The van der Waals surface area contributed by atoms with Crippen molar-refractivity contribution in [2.24, 2.45) is 0 Å². The number of rotatable bonds is 1. The normalized spacial score (nSPS) is 10.5. The number of hydrogen-bond donors (Lipinski definition) is 0. The van der Waals surface area contributed by atoms with Gasteiger partial charge in [-0.25, -0.2) is 9.97 Å². The molecule has 0 unspecified atom stereocenters. The molecule has 1 heterocycles. The van der Waals surface area contributed by atoms with Crippen LogP contribution in [0.1, 0.15) is 16.7 Å². The fourth-order valence-electron chi connectivity index (χ4n) is 1.72. The summed E-state index contributed by atoms with van der Waals surface area (Å²) in [5.74, 6) is 0. The first-order chi connectivity index (χ1) is 7.58. The number of halogens is 1. The zero-order chi connectivity index (χ0) is 11.7. The van der Waals surface area contributed by atoms with Gasteiger partial charge in [-0.2, -0.15) is 0 Å². The molecule has 0 spiro atoms. The second-order valence-corrected chi connectivity index (χ2v) is 4.79. The maximum Gasteiger partial charge on any atom is 0.117 e. The van der Waals surface area contributed by atoms with Gasteiger partial charge >= 0.3 is 0 Å². The molecule has 2 nitrogen and oxygen atoms in total. The van der Waals surface area contributed by atoms with Gasteiger partial charge in [0, 0.05) is 5.56 Å². The summed E-state index contributed by atoms with van der Waals surface area (Å²) in [6, 6.07) is 6.32. The van der Waals surface area contributed by atoms with Crippen molar-refractivity contribution < 1.29 is 0 Å². The Morgan fingerprint density at radius 1 is 0.875 bits per heavy atom. The van der Waals surface area contributed by atoms with Crippen LogP contribution in [0.3, 0.4) is 0 Å². The highest BCUT2D eigenvalue weighted by Crippen LogP contribution is 2.25. The smallest absolute Gasteiger partial charge is 0.117 e. The monoisotopic (exact) mass is 276 g/mol. The van der Waals surface area contributed by atoms with Gasteiger partial charge in [-0.3, -0.25) is 0 Å². The average Bonchev–Trinajstić information content (AvgIpc) is 2.23. The Kier molecular flexibility index (Phi) is 3.06. The van der Waals surface area contributed by atoms with Crippen LogP contribution in [0, 0.1) is 20.8 Å². The lowest BCUT2D eigenvalue weighted by molar-refractivity contribution is 1.14. The molecule has 0 saturated heterocycles. The fraction of sp³-hybridized carbons (Fsp3) is 0.231. The molecule has 1 aromatic carbocycles. The van der Waals surface area contributed by atoms with E-state index in [2.05, 4.69) is 58.8 Å². The minimum Gasteiger partial charge on any atom is -0.236 e. The van der Waals surface area contributed by atoms with Crippen molar-refractivity contribution in [3.8, 4) is 11.3 Å². The second-order valence-electron chi connectivity index (χ2n) is 3.98. The van der Waals surface area contributed by atoms with Crippen molar-refractivity contribution in [3.63, 3.8) is 0 Å². The summed E-state index contributed by atoms with van der Waals surface area (Å²) < 4.78 is 0.815. The van der Waals surface area contributed by atoms with Crippen molar-refractivity contribution >= 4 is 15.9 Å². The van der Waals surface area contributed by atoms with E-state index < -0.39 is 0 Å². The molecule has 3 heteroatoms. The van der Waals surface area contributed by atoms with Gasteiger partial charge in [0.05, 0.1) is 5.69 Å². The van der Waals surface area contributed by atoms with E-state index in [0.29, 0.717) is 0 Å². The van der Waals surface area contributed by atoms with Crippen LogP contribution < -0.4 is 0 Å². The standard InChI is InChI=1S/C13H13BrN2/c1-8-4-10(3)11(5-9(8)2)12-6-13(14)16-7-15-12/h4-7H,1-3H3. The van der Waals surface area contributed by atoms with Gasteiger partial charge in [-0.1, -0.05) is 6.07 Å². The topological polar surface area (TPSA) is 25.8 Å². The molecule has 0 aliphatic heterocycles. The quantitative estimate of drug-likeness (QED) is 0.740. The highest BCUT2D eigenvalue weighted by molar-refractivity contribution is 9.10. The van der Waals surface area contributed by atoms with E-state index in [-0.39, 0.29) is 0 Å². The Morgan fingerprint density at radius 3 is 2.25 bits per heavy atom. The van der Waals surface area contributed by atoms with E-state index in [1.165, 1.54) is 22.3 Å². The number of aromatic nitrogens is 2. The molecule has 0 aliphatic rings. The zero-order valence-corrected chi connectivity index (χ0v) is 11.2. The molecule has 82 valence electrons. The van der Waals surface area contributed by atoms with E-state index in [0.717, 1.165) is 10.3 Å². The lowest BCUT2D eigenvalue weighted by Crippen LogP contribution is -1.92. The molecule has 0 saturated carbocycles. The SMILES string of the molecule is Cc1cc(C)c(-c2cc(Br)ncn2)cc1C. The van der Waals surface area contributed by atoms with Crippen molar-refractivity contribution in [1.29, 1.82) is 0 Å². The van der Waals surface area contributed by atoms with Gasteiger partial charge < -0.3 is 0 Å². The molecular formula is C13H13BrN2. The minimum absolute atomic E-state index is 0.815. The highest BCUT2D eigenvalue weighted by Gasteiger charge is 2.06. The maximum absolute atomic E-state index is 4.30. The summed E-state index contributed by atoms with van der Waals surface area (Å²) in [5.41, 5.74) is 5.98. The van der Waals surface area contributed by atoms with E-state index >= 15 is 0 Å². The maximum atomic E-state index is 4.30. The Labute approximate surface area is 104 Å². The van der Waals surface area contributed by atoms with Crippen LogP contribution in [0.4, 0.5) is 0 Å². The summed E-state index contributed by atoms with van der Waals surface area (Å²) in [7, 11) is 0. The molecule has 0 radical (unpaired) electrons. The summed E-state index contributed by atoms with van der Waals surface area (Å²) >= 11 is 3.37.